The van der Waals surface area contributed by atoms with Gasteiger partial charge in [0.15, 0.2) is 0 Å². The van der Waals surface area contributed by atoms with Gasteiger partial charge in [-0.1, -0.05) is 6.92 Å². The summed E-state index contributed by atoms with van der Waals surface area (Å²) >= 11 is 1.57. The summed E-state index contributed by atoms with van der Waals surface area (Å²) in [5.74, 6) is -0.387. The highest BCUT2D eigenvalue weighted by Gasteiger charge is 2.24. The monoisotopic (exact) mass is 292 g/mol. The van der Waals surface area contributed by atoms with E-state index in [1.165, 1.54) is 22.7 Å². The second-order valence-corrected chi connectivity index (χ2v) is 6.59. The van der Waals surface area contributed by atoms with Crippen molar-refractivity contribution in [3.63, 3.8) is 0 Å². The third-order valence-corrected chi connectivity index (χ3v) is 5.18. The Labute approximate surface area is 119 Å². The van der Waals surface area contributed by atoms with Gasteiger partial charge in [-0.05, 0) is 37.7 Å². The zero-order chi connectivity index (χ0) is 14.4. The van der Waals surface area contributed by atoms with Crippen LogP contribution in [0.15, 0.2) is 11.1 Å². The zero-order valence-electron chi connectivity index (χ0n) is 11.4. The van der Waals surface area contributed by atoms with E-state index in [9.17, 15) is 9.59 Å². The molecule has 0 radical (unpaired) electrons. The van der Waals surface area contributed by atoms with Gasteiger partial charge >= 0.3 is 5.97 Å². The van der Waals surface area contributed by atoms with Gasteiger partial charge in [-0.15, -0.1) is 11.3 Å². The van der Waals surface area contributed by atoms with Crippen LogP contribution in [0.2, 0.25) is 0 Å². The van der Waals surface area contributed by atoms with Crippen molar-refractivity contribution in [3.8, 4) is 0 Å². The van der Waals surface area contributed by atoms with E-state index in [1.807, 2.05) is 0 Å². The molecule has 20 heavy (non-hydrogen) atoms. The third-order valence-electron chi connectivity index (χ3n) is 4.02. The number of hydrogen-bond acceptors (Lipinski definition) is 4. The van der Waals surface area contributed by atoms with E-state index in [1.54, 1.807) is 11.3 Å². The molecule has 0 aliphatic heterocycles. The molecule has 0 fully saturated rings. The molecular weight excluding hydrogens is 276 g/mol. The molecule has 2 aromatic rings. The van der Waals surface area contributed by atoms with Crippen LogP contribution in [0.1, 0.15) is 36.8 Å². The molecule has 0 amide bonds. The maximum absolute atomic E-state index is 12.6. The third kappa shape index (κ3) is 1.95. The molecule has 0 saturated carbocycles. The van der Waals surface area contributed by atoms with Crippen molar-refractivity contribution in [2.24, 2.45) is 5.92 Å². The molecule has 1 aliphatic carbocycles. The molecule has 2 aromatic heterocycles. The second kappa shape index (κ2) is 4.70. The summed E-state index contributed by atoms with van der Waals surface area (Å²) in [6.07, 6.45) is 4.31. The smallest absolute Gasteiger partial charge is 0.326 e. The van der Waals surface area contributed by atoms with Gasteiger partial charge in [0.1, 0.15) is 10.9 Å². The summed E-state index contributed by atoms with van der Waals surface area (Å²) in [5.41, 5.74) is 0.865. The van der Waals surface area contributed by atoms with Gasteiger partial charge in [0.2, 0.25) is 0 Å². The van der Waals surface area contributed by atoms with Crippen LogP contribution in [0.3, 0.4) is 0 Å². The molecule has 1 aliphatic rings. The molecule has 1 N–H and O–H groups in total. The fourth-order valence-corrected chi connectivity index (χ4v) is 4.08. The normalized spacial score (nSPS) is 19.8. The van der Waals surface area contributed by atoms with E-state index in [-0.39, 0.29) is 5.56 Å². The van der Waals surface area contributed by atoms with Crippen molar-refractivity contribution in [3.05, 3.63) is 27.1 Å². The van der Waals surface area contributed by atoms with Gasteiger partial charge in [-0.2, -0.15) is 0 Å². The Bertz CT molecular complexity index is 747. The lowest BCUT2D eigenvalue weighted by Gasteiger charge is -2.17. The number of fused-ring (bicyclic) bond motifs is 3. The van der Waals surface area contributed by atoms with Crippen LogP contribution in [0, 0.1) is 5.92 Å². The number of aliphatic carboxylic acids is 1. The van der Waals surface area contributed by atoms with Crippen molar-refractivity contribution in [1.82, 2.24) is 9.55 Å². The Hall–Kier alpha value is -1.69. The number of thiophene rings is 1. The first-order valence-electron chi connectivity index (χ1n) is 6.73. The molecule has 106 valence electrons. The van der Waals surface area contributed by atoms with Gasteiger partial charge in [0.05, 0.1) is 11.7 Å². The molecule has 0 spiro atoms. The first kappa shape index (κ1) is 13.3. The van der Waals surface area contributed by atoms with E-state index >= 15 is 0 Å². The number of aryl methyl sites for hydroxylation is 1. The number of nitrogens with zero attached hydrogens (tertiary/aromatic N) is 2. The topological polar surface area (TPSA) is 72.2 Å². The van der Waals surface area contributed by atoms with Crippen LogP contribution >= 0.6 is 11.3 Å². The van der Waals surface area contributed by atoms with Gasteiger partial charge in [-0.3, -0.25) is 9.36 Å². The Kier molecular flexibility index (Phi) is 3.12. The molecule has 0 aromatic carbocycles. The number of rotatable bonds is 2. The highest BCUT2D eigenvalue weighted by Crippen LogP contribution is 2.35. The molecule has 6 heteroatoms. The summed E-state index contributed by atoms with van der Waals surface area (Å²) in [5, 5.41) is 9.70. The first-order chi connectivity index (χ1) is 9.49. The van der Waals surface area contributed by atoms with Crippen LogP contribution in [-0.2, 0) is 17.6 Å². The minimum Gasteiger partial charge on any atom is -0.480 e. The lowest BCUT2D eigenvalue weighted by molar-refractivity contribution is -0.140. The van der Waals surface area contributed by atoms with Gasteiger partial charge < -0.3 is 5.11 Å². The minimum atomic E-state index is -1.02. The van der Waals surface area contributed by atoms with Gasteiger partial charge in [-0.25, -0.2) is 9.78 Å². The van der Waals surface area contributed by atoms with Crippen molar-refractivity contribution < 1.29 is 9.90 Å². The molecule has 3 rings (SSSR count). The van der Waals surface area contributed by atoms with Crippen LogP contribution in [0.25, 0.3) is 10.2 Å². The summed E-state index contributed by atoms with van der Waals surface area (Å²) in [4.78, 5) is 29.9. The minimum absolute atomic E-state index is 0.225. The van der Waals surface area contributed by atoms with Gasteiger partial charge in [0, 0.05) is 4.88 Å². The Balaban J connectivity index is 2.23. The zero-order valence-corrected chi connectivity index (χ0v) is 12.2. The van der Waals surface area contributed by atoms with Crippen molar-refractivity contribution in [2.75, 3.05) is 0 Å². The fourth-order valence-electron chi connectivity index (χ4n) is 2.74. The fraction of sp³-hybridized carbons (Fsp3) is 0.500. The lowest BCUT2D eigenvalue weighted by atomic mass is 9.89. The average molecular weight is 292 g/mol. The Morgan fingerprint density at radius 1 is 1.60 bits per heavy atom. The van der Waals surface area contributed by atoms with E-state index in [4.69, 9.17) is 5.11 Å². The first-order valence-corrected chi connectivity index (χ1v) is 7.55. The molecular formula is C14H16N2O3S. The summed E-state index contributed by atoms with van der Waals surface area (Å²) in [6.45, 7) is 3.71. The highest BCUT2D eigenvalue weighted by atomic mass is 32.1. The number of carbonyl (C=O) groups is 1. The predicted octanol–water partition coefficient (Wildman–Crippen LogP) is 2.23. The van der Waals surface area contributed by atoms with Crippen LogP contribution in [-0.4, -0.2) is 20.6 Å². The number of carboxylic acid groups (broad SMARTS) is 1. The van der Waals surface area contributed by atoms with Crippen molar-refractivity contribution in [2.45, 2.75) is 39.2 Å². The van der Waals surface area contributed by atoms with Crippen LogP contribution < -0.4 is 5.56 Å². The quantitative estimate of drug-likeness (QED) is 0.921. The van der Waals surface area contributed by atoms with Crippen molar-refractivity contribution in [1.29, 1.82) is 0 Å². The van der Waals surface area contributed by atoms with E-state index in [0.717, 1.165) is 29.7 Å². The maximum atomic E-state index is 12.6. The number of hydrogen-bond donors (Lipinski definition) is 1. The van der Waals surface area contributed by atoms with E-state index in [2.05, 4.69) is 11.9 Å². The summed E-state index contributed by atoms with van der Waals surface area (Å²) in [7, 11) is 0. The van der Waals surface area contributed by atoms with Crippen LogP contribution in [0.5, 0.6) is 0 Å². The lowest BCUT2D eigenvalue weighted by Crippen LogP contribution is -2.28. The van der Waals surface area contributed by atoms with Gasteiger partial charge in [0.25, 0.3) is 5.56 Å². The Morgan fingerprint density at radius 3 is 3.05 bits per heavy atom. The summed E-state index contributed by atoms with van der Waals surface area (Å²) in [6, 6.07) is -0.891. The molecule has 2 heterocycles. The molecule has 0 unspecified atom stereocenters. The van der Waals surface area contributed by atoms with Crippen molar-refractivity contribution >= 4 is 27.5 Å². The molecule has 5 nitrogen and oxygen atoms in total. The molecule has 2 atom stereocenters. The summed E-state index contributed by atoms with van der Waals surface area (Å²) < 4.78 is 1.22. The Morgan fingerprint density at radius 2 is 2.35 bits per heavy atom. The number of carboxylic acids is 1. The second-order valence-electron chi connectivity index (χ2n) is 5.50. The predicted molar refractivity (Wildman–Crippen MR) is 77.4 cm³/mol. The number of aromatic nitrogens is 2. The molecule has 0 bridgehead atoms. The largest absolute Gasteiger partial charge is 0.480 e. The average Bonchev–Trinajstić information content (AvgIpc) is 2.76. The van der Waals surface area contributed by atoms with E-state index in [0.29, 0.717) is 11.3 Å². The van der Waals surface area contributed by atoms with Crippen LogP contribution in [0.4, 0.5) is 0 Å². The molecule has 0 saturated heterocycles. The van der Waals surface area contributed by atoms with E-state index < -0.39 is 12.0 Å². The maximum Gasteiger partial charge on any atom is 0.326 e. The standard InChI is InChI=1S/C14H16N2O3S/c1-7-3-4-9-10(5-7)20-12-11(9)13(17)16(6-15-12)8(2)14(18)19/h6-8H,3-5H2,1-2H3,(H,18,19)/t7-,8-/m1/s1. The SMILES string of the molecule is C[C@@H]1CCc2c(sc3ncn([C@H](C)C(=O)O)c(=O)c23)C1. The highest BCUT2D eigenvalue weighted by molar-refractivity contribution is 7.18.